The Bertz CT molecular complexity index is 947. The molecule has 2 aromatic rings. The summed E-state index contributed by atoms with van der Waals surface area (Å²) in [7, 11) is 4.27. The number of rotatable bonds is 7. The largest absolute Gasteiger partial charge is 1.00 e. The van der Waals surface area contributed by atoms with E-state index in [1.807, 2.05) is 48.5 Å². The maximum absolute atomic E-state index is 12.9. The first-order chi connectivity index (χ1) is 16.1. The Morgan fingerprint density at radius 3 is 1.33 bits per heavy atom. The second-order valence-electron chi connectivity index (χ2n) is 10.7. The molecule has 2 aliphatic heterocycles. The number of nitrogens with zero attached hydrogens (tertiary/aromatic N) is 2. The third kappa shape index (κ3) is 7.79. The van der Waals surface area contributed by atoms with Gasteiger partial charge in [-0.3, -0.25) is 9.59 Å². The van der Waals surface area contributed by atoms with Crippen molar-refractivity contribution in [2.45, 2.75) is 26.1 Å². The molecule has 2 fully saturated rings. The number of carbonyl (C=O) groups is 2. The molecule has 0 aromatic heterocycles. The molecule has 4 atom stereocenters. The number of likely N-dealkylation sites (N-methyl/N-ethyl adjacent to an activating group) is 2. The Morgan fingerprint density at radius 1 is 0.694 bits per heavy atom. The van der Waals surface area contributed by atoms with Crippen LogP contribution < -0.4 is 34.0 Å². The van der Waals surface area contributed by atoms with Crippen molar-refractivity contribution in [2.24, 2.45) is 0 Å². The summed E-state index contributed by atoms with van der Waals surface area (Å²) in [5.41, 5.74) is 3.56. The lowest BCUT2D eigenvalue weighted by atomic mass is 9.99. The molecule has 0 aliphatic carbocycles. The molecule has 6 nitrogen and oxygen atoms in total. The molecule has 198 valence electrons. The van der Waals surface area contributed by atoms with Gasteiger partial charge in [0.1, 0.15) is 51.5 Å². The van der Waals surface area contributed by atoms with E-state index in [9.17, 15) is 9.59 Å². The standard InChI is InChI=1S/C28H38N2O4.2BrH/c1-21-17-29(3,13-15-33-21)19-27(31)25-9-5-23(6-10-25)24-7-11-26(12-8-24)28(32)20-30(4)14-16-34-22(2)18-30;;/h5-12,21-22H,13-20H2,1-4H3;2*1H/q+2;;/p-2. The highest BCUT2D eigenvalue weighted by molar-refractivity contribution is 5.98. The zero-order chi connectivity index (χ0) is 24.3. The van der Waals surface area contributed by atoms with Crippen LogP contribution in [0.1, 0.15) is 34.6 Å². The molecule has 2 saturated heterocycles. The van der Waals surface area contributed by atoms with Crippen molar-refractivity contribution in [3.05, 3.63) is 59.7 Å². The lowest BCUT2D eigenvalue weighted by Gasteiger charge is -2.39. The molecule has 0 bridgehead atoms. The van der Waals surface area contributed by atoms with E-state index in [1.54, 1.807) is 0 Å². The van der Waals surface area contributed by atoms with E-state index in [-0.39, 0.29) is 57.7 Å². The van der Waals surface area contributed by atoms with Crippen molar-refractivity contribution in [3.63, 3.8) is 0 Å². The van der Waals surface area contributed by atoms with Gasteiger partial charge >= 0.3 is 0 Å². The second kappa shape index (κ2) is 12.9. The number of carbonyl (C=O) groups excluding carboxylic acids is 2. The van der Waals surface area contributed by atoms with Gasteiger partial charge in [0.2, 0.25) is 11.6 Å². The van der Waals surface area contributed by atoms with Crippen LogP contribution in [0.4, 0.5) is 0 Å². The van der Waals surface area contributed by atoms with Crippen molar-refractivity contribution in [2.75, 3.05) is 66.6 Å². The predicted molar refractivity (Wildman–Crippen MR) is 133 cm³/mol. The van der Waals surface area contributed by atoms with E-state index in [0.29, 0.717) is 26.3 Å². The highest BCUT2D eigenvalue weighted by Gasteiger charge is 2.33. The molecule has 36 heavy (non-hydrogen) atoms. The number of quaternary nitrogens is 2. The first kappa shape index (κ1) is 30.8. The lowest BCUT2D eigenvalue weighted by Crippen LogP contribution is -3.00. The van der Waals surface area contributed by atoms with Crippen LogP contribution in [-0.4, -0.2) is 99.3 Å². The number of hydrogen-bond acceptors (Lipinski definition) is 4. The van der Waals surface area contributed by atoms with Gasteiger partial charge < -0.3 is 52.4 Å². The molecule has 0 spiro atoms. The Kier molecular flexibility index (Phi) is 11.0. The zero-order valence-electron chi connectivity index (χ0n) is 21.7. The average molecular weight is 626 g/mol. The van der Waals surface area contributed by atoms with Gasteiger partial charge in [-0.25, -0.2) is 0 Å². The van der Waals surface area contributed by atoms with E-state index in [0.717, 1.165) is 57.4 Å². The van der Waals surface area contributed by atoms with E-state index in [4.69, 9.17) is 9.47 Å². The van der Waals surface area contributed by atoms with Gasteiger partial charge in [0.25, 0.3) is 0 Å². The summed E-state index contributed by atoms with van der Waals surface area (Å²) in [5, 5.41) is 0. The SMILES string of the molecule is CC1C[N+](C)(CC(=O)c2ccc(-c3ccc(C(=O)C[N+]4(C)CCOC(C)C4)cc3)cc2)CCO1.[Br-].[Br-]. The van der Waals surface area contributed by atoms with Crippen LogP contribution in [-0.2, 0) is 9.47 Å². The maximum Gasteiger partial charge on any atom is 0.216 e. The molecule has 8 heteroatoms. The maximum atomic E-state index is 12.9. The Morgan fingerprint density at radius 2 is 1.03 bits per heavy atom. The van der Waals surface area contributed by atoms with Crippen LogP contribution in [0.2, 0.25) is 0 Å². The van der Waals surface area contributed by atoms with Gasteiger partial charge in [-0.05, 0) is 25.0 Å². The van der Waals surface area contributed by atoms with Gasteiger partial charge in [-0.1, -0.05) is 48.5 Å². The third-order valence-corrected chi connectivity index (χ3v) is 7.26. The molecule has 2 aliphatic rings. The molecular formula is C28H38Br2N2O4. The summed E-state index contributed by atoms with van der Waals surface area (Å²) in [6.45, 7) is 9.98. The van der Waals surface area contributed by atoms with E-state index >= 15 is 0 Å². The molecular weight excluding hydrogens is 588 g/mol. The Labute approximate surface area is 236 Å². The number of benzene rings is 2. The van der Waals surface area contributed by atoms with Crippen LogP contribution in [0.15, 0.2) is 48.5 Å². The quantitative estimate of drug-likeness (QED) is 0.251. The minimum atomic E-state index is 0. The topological polar surface area (TPSA) is 52.6 Å². The highest BCUT2D eigenvalue weighted by atomic mass is 79.9. The molecule has 4 rings (SSSR count). The van der Waals surface area contributed by atoms with Gasteiger partial charge in [-0.15, -0.1) is 0 Å². The molecule has 0 amide bonds. The number of hydrogen-bond donors (Lipinski definition) is 0. The van der Waals surface area contributed by atoms with Crippen molar-refractivity contribution < 1.29 is 62.0 Å². The fraction of sp³-hybridized carbons (Fsp3) is 0.500. The van der Waals surface area contributed by atoms with Crippen molar-refractivity contribution >= 4 is 11.6 Å². The van der Waals surface area contributed by atoms with Gasteiger partial charge in [0, 0.05) is 11.1 Å². The van der Waals surface area contributed by atoms with Crippen LogP contribution in [0.25, 0.3) is 11.1 Å². The third-order valence-electron chi connectivity index (χ3n) is 7.26. The predicted octanol–water partition coefficient (Wildman–Crippen LogP) is -2.54. The minimum Gasteiger partial charge on any atom is -1.00 e. The molecule has 0 saturated carbocycles. The molecule has 0 N–H and O–H groups in total. The summed E-state index contributed by atoms with van der Waals surface area (Å²) in [4.78, 5) is 25.8. The van der Waals surface area contributed by atoms with Crippen LogP contribution in [0, 0.1) is 0 Å². The number of Topliss-reactive ketones (excluding diaryl/α,β-unsaturated/α-hetero) is 2. The van der Waals surface area contributed by atoms with Crippen molar-refractivity contribution in [3.8, 4) is 11.1 Å². The van der Waals surface area contributed by atoms with Crippen LogP contribution in [0.5, 0.6) is 0 Å². The number of ether oxygens (including phenoxy) is 2. The lowest BCUT2D eigenvalue weighted by molar-refractivity contribution is -0.912. The van der Waals surface area contributed by atoms with Crippen LogP contribution >= 0.6 is 0 Å². The molecule has 4 unspecified atom stereocenters. The number of morpholine rings is 2. The van der Waals surface area contributed by atoms with Gasteiger partial charge in [-0.2, -0.15) is 0 Å². The summed E-state index contributed by atoms with van der Waals surface area (Å²) in [6.07, 6.45) is 0.372. The van der Waals surface area contributed by atoms with Crippen molar-refractivity contribution in [1.82, 2.24) is 0 Å². The smallest absolute Gasteiger partial charge is 0.216 e. The first-order valence-corrected chi connectivity index (χ1v) is 12.3. The van der Waals surface area contributed by atoms with Crippen LogP contribution in [0.3, 0.4) is 0 Å². The van der Waals surface area contributed by atoms with E-state index < -0.39 is 0 Å². The van der Waals surface area contributed by atoms with E-state index in [1.165, 1.54) is 0 Å². The molecule has 2 aromatic carbocycles. The van der Waals surface area contributed by atoms with Crippen molar-refractivity contribution in [1.29, 1.82) is 0 Å². The van der Waals surface area contributed by atoms with E-state index in [2.05, 4.69) is 27.9 Å². The summed E-state index contributed by atoms with van der Waals surface area (Å²) in [5.74, 6) is 0.330. The Hall–Kier alpha value is -1.42. The summed E-state index contributed by atoms with van der Waals surface area (Å²) in [6, 6.07) is 15.6. The average Bonchev–Trinajstić information content (AvgIpc) is 2.78. The summed E-state index contributed by atoms with van der Waals surface area (Å²) >= 11 is 0. The number of ketones is 2. The molecule has 0 radical (unpaired) electrons. The highest BCUT2D eigenvalue weighted by Crippen LogP contribution is 2.22. The second-order valence-corrected chi connectivity index (χ2v) is 10.7. The summed E-state index contributed by atoms with van der Waals surface area (Å²) < 4.78 is 12.7. The minimum absolute atomic E-state index is 0. The molecule has 2 heterocycles. The first-order valence-electron chi connectivity index (χ1n) is 12.3. The fourth-order valence-corrected chi connectivity index (χ4v) is 5.34. The monoisotopic (exact) mass is 624 g/mol. The Balaban J connectivity index is 0.00000228. The fourth-order valence-electron chi connectivity index (χ4n) is 5.34. The zero-order valence-corrected chi connectivity index (χ0v) is 24.9. The van der Waals surface area contributed by atoms with Gasteiger partial charge in [0.15, 0.2) is 0 Å². The normalized spacial score (nSPS) is 27.9. The number of halogens is 2. The van der Waals surface area contributed by atoms with Gasteiger partial charge in [0.05, 0.1) is 27.3 Å².